The first-order valence-corrected chi connectivity index (χ1v) is 12.3. The van der Waals surface area contributed by atoms with Gasteiger partial charge in [-0.25, -0.2) is 9.97 Å². The molecule has 3 nitrogen and oxygen atoms in total. The summed E-state index contributed by atoms with van der Waals surface area (Å²) in [5.74, 6) is 0.736. The Labute approximate surface area is 214 Å². The zero-order chi connectivity index (χ0) is 24.1. The normalized spacial score (nSPS) is 16.0. The molecule has 4 heteroatoms. The van der Waals surface area contributed by atoms with Gasteiger partial charge in [0.2, 0.25) is 0 Å². The predicted molar refractivity (Wildman–Crippen MR) is 145 cm³/mol. The van der Waals surface area contributed by atoms with Gasteiger partial charge >= 0.3 is 0 Å². The number of fused-ring (bicyclic) bond motifs is 4. The minimum absolute atomic E-state index is 0.696. The first-order chi connectivity index (χ1) is 17.8. The van der Waals surface area contributed by atoms with Crippen LogP contribution in [-0.4, -0.2) is 15.0 Å². The van der Waals surface area contributed by atoms with Gasteiger partial charge in [0.1, 0.15) is 11.2 Å². The number of nitrogens with zero attached hydrogens (tertiary/aromatic N) is 3. The molecule has 0 spiro atoms. The average Bonchev–Trinajstić information content (AvgIpc) is 3.24. The van der Waals surface area contributed by atoms with Gasteiger partial charge in [-0.2, -0.15) is 0 Å². The molecule has 7 rings (SSSR count). The van der Waals surface area contributed by atoms with Crippen LogP contribution in [0.5, 0.6) is 0 Å². The van der Waals surface area contributed by atoms with Crippen LogP contribution < -0.4 is 0 Å². The van der Waals surface area contributed by atoms with Crippen molar-refractivity contribution in [3.63, 3.8) is 0 Å². The van der Waals surface area contributed by atoms with E-state index in [0.717, 1.165) is 55.8 Å². The molecule has 0 radical (unpaired) electrons. The lowest BCUT2D eigenvalue weighted by atomic mass is 9.71. The molecule has 0 saturated heterocycles. The van der Waals surface area contributed by atoms with Gasteiger partial charge in [-0.15, -0.1) is 0 Å². The largest absolute Gasteiger partial charge is 0.264 e. The second kappa shape index (κ2) is 8.11. The van der Waals surface area contributed by atoms with Crippen LogP contribution in [0.15, 0.2) is 122 Å². The summed E-state index contributed by atoms with van der Waals surface area (Å²) in [5, 5.41) is 1.64. The smallest absolute Gasteiger partial charge is 0.149 e. The molecule has 0 aliphatic heterocycles. The standard InChI is InChI=1S/C32H20ClN3/c33-23-15-16-28-25(19-23)24-13-7-8-14-27(24)32(28,22-11-5-2-6-12-22)31-35-29-17-18-34-20-26(29)30(36-31)21-9-3-1-4-10-21/h1-20H. The van der Waals surface area contributed by atoms with Crippen LogP contribution in [0.1, 0.15) is 22.5 Å². The van der Waals surface area contributed by atoms with Crippen LogP contribution >= 0.6 is 11.6 Å². The topological polar surface area (TPSA) is 38.7 Å². The Kier molecular flexibility index (Phi) is 4.73. The first-order valence-electron chi connectivity index (χ1n) is 11.9. The Bertz CT molecular complexity index is 1750. The maximum Gasteiger partial charge on any atom is 0.149 e. The Hall–Kier alpha value is -4.34. The number of rotatable bonds is 3. The molecular weight excluding hydrogens is 462 g/mol. The quantitative estimate of drug-likeness (QED) is 0.259. The van der Waals surface area contributed by atoms with Crippen LogP contribution in [-0.2, 0) is 5.41 Å². The summed E-state index contributed by atoms with van der Waals surface area (Å²) in [6.45, 7) is 0. The second-order valence-corrected chi connectivity index (χ2v) is 9.44. The fourth-order valence-corrected chi connectivity index (χ4v) is 5.75. The van der Waals surface area contributed by atoms with Gasteiger partial charge in [0.15, 0.2) is 0 Å². The summed E-state index contributed by atoms with van der Waals surface area (Å²) < 4.78 is 0. The molecule has 0 N–H and O–H groups in total. The van der Waals surface area contributed by atoms with Crippen LogP contribution in [0.25, 0.3) is 33.3 Å². The molecule has 1 aliphatic rings. The first kappa shape index (κ1) is 21.0. The number of hydrogen-bond acceptors (Lipinski definition) is 3. The van der Waals surface area contributed by atoms with Gasteiger partial charge in [-0.1, -0.05) is 103 Å². The van der Waals surface area contributed by atoms with Crippen molar-refractivity contribution in [2.24, 2.45) is 0 Å². The summed E-state index contributed by atoms with van der Waals surface area (Å²) in [4.78, 5) is 15.0. The summed E-state index contributed by atoms with van der Waals surface area (Å²) in [5.41, 5.74) is 7.74. The molecule has 1 aliphatic carbocycles. The molecule has 0 saturated carbocycles. The van der Waals surface area contributed by atoms with E-state index in [9.17, 15) is 0 Å². The van der Waals surface area contributed by atoms with Crippen molar-refractivity contribution >= 4 is 22.5 Å². The third-order valence-corrected chi connectivity index (χ3v) is 7.33. The zero-order valence-electron chi connectivity index (χ0n) is 19.3. The number of pyridine rings is 1. The Morgan fingerprint density at radius 2 is 1.36 bits per heavy atom. The molecule has 170 valence electrons. The SMILES string of the molecule is Clc1ccc2c(c1)-c1ccccc1C2(c1ccccc1)c1nc(-c2ccccc2)c2cnccc2n1. The minimum atomic E-state index is -0.696. The van der Waals surface area contributed by atoms with Gasteiger partial charge < -0.3 is 0 Å². The maximum absolute atomic E-state index is 6.52. The third kappa shape index (κ3) is 2.96. The van der Waals surface area contributed by atoms with Gasteiger partial charge in [-0.3, -0.25) is 4.98 Å². The summed E-state index contributed by atoms with van der Waals surface area (Å²) in [6, 6.07) is 37.5. The van der Waals surface area contributed by atoms with Gasteiger partial charge in [0, 0.05) is 28.4 Å². The highest BCUT2D eigenvalue weighted by atomic mass is 35.5. The Balaban J connectivity index is 1.66. The molecule has 4 aromatic carbocycles. The number of halogens is 1. The molecule has 2 aromatic heterocycles. The number of hydrogen-bond donors (Lipinski definition) is 0. The lowest BCUT2D eigenvalue weighted by molar-refractivity contribution is 0.704. The third-order valence-electron chi connectivity index (χ3n) is 7.09. The van der Waals surface area contributed by atoms with E-state index in [4.69, 9.17) is 21.6 Å². The summed E-state index contributed by atoms with van der Waals surface area (Å²) >= 11 is 6.52. The fraction of sp³-hybridized carbons (Fsp3) is 0.0312. The fourth-order valence-electron chi connectivity index (χ4n) is 5.58. The van der Waals surface area contributed by atoms with Crippen LogP contribution in [0.3, 0.4) is 0 Å². The zero-order valence-corrected chi connectivity index (χ0v) is 20.0. The Morgan fingerprint density at radius 3 is 2.19 bits per heavy atom. The minimum Gasteiger partial charge on any atom is -0.264 e. The van der Waals surface area contributed by atoms with E-state index in [2.05, 4.69) is 77.8 Å². The van der Waals surface area contributed by atoms with E-state index in [1.54, 1.807) is 6.20 Å². The van der Waals surface area contributed by atoms with E-state index < -0.39 is 5.41 Å². The van der Waals surface area contributed by atoms with Crippen molar-refractivity contribution in [3.8, 4) is 22.4 Å². The summed E-state index contributed by atoms with van der Waals surface area (Å²) in [6.07, 6.45) is 3.65. The molecule has 2 heterocycles. The summed E-state index contributed by atoms with van der Waals surface area (Å²) in [7, 11) is 0. The number of benzene rings is 4. The van der Waals surface area contributed by atoms with Crippen molar-refractivity contribution in [3.05, 3.63) is 149 Å². The van der Waals surface area contributed by atoms with Crippen molar-refractivity contribution in [2.45, 2.75) is 5.41 Å². The Morgan fingerprint density at radius 1 is 0.639 bits per heavy atom. The molecule has 0 fully saturated rings. The molecule has 6 aromatic rings. The lowest BCUT2D eigenvalue weighted by Crippen LogP contribution is -2.31. The average molecular weight is 482 g/mol. The molecule has 1 atom stereocenters. The van der Waals surface area contributed by atoms with Crippen LogP contribution in [0.4, 0.5) is 0 Å². The highest BCUT2D eigenvalue weighted by Crippen LogP contribution is 2.55. The monoisotopic (exact) mass is 481 g/mol. The molecule has 0 amide bonds. The van der Waals surface area contributed by atoms with Crippen LogP contribution in [0.2, 0.25) is 5.02 Å². The molecular formula is C32H20ClN3. The molecule has 36 heavy (non-hydrogen) atoms. The van der Waals surface area contributed by atoms with E-state index in [1.165, 1.54) is 0 Å². The van der Waals surface area contributed by atoms with Crippen molar-refractivity contribution in [2.75, 3.05) is 0 Å². The van der Waals surface area contributed by atoms with Crippen LogP contribution in [0, 0.1) is 0 Å². The van der Waals surface area contributed by atoms with Gasteiger partial charge in [0.25, 0.3) is 0 Å². The predicted octanol–water partition coefficient (Wildman–Crippen LogP) is 7.71. The van der Waals surface area contributed by atoms with Gasteiger partial charge in [0.05, 0.1) is 11.2 Å². The maximum atomic E-state index is 6.52. The van der Waals surface area contributed by atoms with Gasteiger partial charge in [-0.05, 0) is 46.0 Å². The lowest BCUT2D eigenvalue weighted by Gasteiger charge is -2.32. The van der Waals surface area contributed by atoms with Crippen molar-refractivity contribution in [1.29, 1.82) is 0 Å². The van der Waals surface area contributed by atoms with Crippen molar-refractivity contribution < 1.29 is 0 Å². The number of aromatic nitrogens is 3. The molecule has 0 bridgehead atoms. The second-order valence-electron chi connectivity index (χ2n) is 9.01. The van der Waals surface area contributed by atoms with Crippen molar-refractivity contribution in [1.82, 2.24) is 15.0 Å². The molecule has 1 unspecified atom stereocenters. The van der Waals surface area contributed by atoms with E-state index in [0.29, 0.717) is 5.02 Å². The van der Waals surface area contributed by atoms with E-state index in [1.807, 2.05) is 42.6 Å². The highest BCUT2D eigenvalue weighted by molar-refractivity contribution is 6.31. The van der Waals surface area contributed by atoms with E-state index in [-0.39, 0.29) is 0 Å². The van der Waals surface area contributed by atoms with E-state index >= 15 is 0 Å². The highest BCUT2D eigenvalue weighted by Gasteiger charge is 2.48.